The number of ether oxygens (including phenoxy) is 1. The Bertz CT molecular complexity index is 621. The first-order valence-corrected chi connectivity index (χ1v) is 6.30. The second kappa shape index (κ2) is 6.52. The minimum atomic E-state index is -0.542. The van der Waals surface area contributed by atoms with Gasteiger partial charge in [-0.2, -0.15) is 0 Å². The molecule has 0 bridgehead atoms. The highest BCUT2D eigenvalue weighted by Crippen LogP contribution is 2.22. The minimum Gasteiger partial charge on any atom is -0.506 e. The van der Waals surface area contributed by atoms with Gasteiger partial charge in [-0.15, -0.1) is 0 Å². The Hall–Kier alpha value is -2.62. The van der Waals surface area contributed by atoms with Crippen molar-refractivity contribution in [3.8, 4) is 5.75 Å². The first-order valence-electron chi connectivity index (χ1n) is 6.30. The van der Waals surface area contributed by atoms with E-state index in [1.165, 1.54) is 12.3 Å². The van der Waals surface area contributed by atoms with Crippen LogP contribution in [0.4, 0.5) is 5.69 Å². The third-order valence-electron chi connectivity index (χ3n) is 2.67. The first kappa shape index (κ1) is 13.8. The zero-order valence-electron chi connectivity index (χ0n) is 11.1. The summed E-state index contributed by atoms with van der Waals surface area (Å²) in [6, 6.07) is 14.2. The number of phenols is 1. The number of aromatic hydroxyl groups is 1. The summed E-state index contributed by atoms with van der Waals surface area (Å²) < 4.78 is 4.88. The summed E-state index contributed by atoms with van der Waals surface area (Å²) in [5.41, 5.74) is 1.39. The number of hydrogen-bond acceptors (Lipinski definition) is 4. The van der Waals surface area contributed by atoms with Crippen molar-refractivity contribution in [1.29, 1.82) is 0 Å². The SMILES string of the molecule is CCOC(=O)c1cccc(C=Nc2ccccc2)c1O. The molecule has 0 saturated carbocycles. The maximum Gasteiger partial charge on any atom is 0.341 e. The van der Waals surface area contributed by atoms with E-state index in [9.17, 15) is 9.90 Å². The van der Waals surface area contributed by atoms with Crippen molar-refractivity contribution in [3.63, 3.8) is 0 Å². The van der Waals surface area contributed by atoms with Gasteiger partial charge >= 0.3 is 5.97 Å². The monoisotopic (exact) mass is 269 g/mol. The van der Waals surface area contributed by atoms with Crippen LogP contribution in [0.1, 0.15) is 22.8 Å². The predicted octanol–water partition coefficient (Wildman–Crippen LogP) is 3.32. The molecule has 0 aliphatic heterocycles. The smallest absolute Gasteiger partial charge is 0.341 e. The summed E-state index contributed by atoms with van der Waals surface area (Å²) in [5, 5.41) is 10.1. The number of carbonyl (C=O) groups excluding carboxylic acids is 1. The van der Waals surface area contributed by atoms with Gasteiger partial charge in [0.1, 0.15) is 11.3 Å². The van der Waals surface area contributed by atoms with E-state index in [2.05, 4.69) is 4.99 Å². The second-order valence-corrected chi connectivity index (χ2v) is 4.06. The molecule has 1 N–H and O–H groups in total. The number of para-hydroxylation sites is 2. The topological polar surface area (TPSA) is 58.9 Å². The number of carbonyl (C=O) groups is 1. The molecular weight excluding hydrogens is 254 g/mol. The molecule has 0 aromatic heterocycles. The van der Waals surface area contributed by atoms with Crippen molar-refractivity contribution in [2.45, 2.75) is 6.92 Å². The Balaban J connectivity index is 2.27. The van der Waals surface area contributed by atoms with Gasteiger partial charge in [0.05, 0.1) is 12.3 Å². The van der Waals surface area contributed by atoms with Crippen LogP contribution in [0.25, 0.3) is 0 Å². The number of esters is 1. The lowest BCUT2D eigenvalue weighted by Crippen LogP contribution is -2.05. The van der Waals surface area contributed by atoms with Crippen molar-refractivity contribution in [3.05, 3.63) is 59.7 Å². The van der Waals surface area contributed by atoms with E-state index < -0.39 is 5.97 Å². The van der Waals surface area contributed by atoms with Gasteiger partial charge in [-0.05, 0) is 31.2 Å². The molecule has 0 aliphatic rings. The van der Waals surface area contributed by atoms with Crippen molar-refractivity contribution < 1.29 is 14.6 Å². The molecule has 0 radical (unpaired) electrons. The van der Waals surface area contributed by atoms with Crippen LogP contribution in [0.15, 0.2) is 53.5 Å². The lowest BCUT2D eigenvalue weighted by atomic mass is 10.1. The Morgan fingerprint density at radius 1 is 1.20 bits per heavy atom. The van der Waals surface area contributed by atoms with Crippen LogP contribution in [-0.2, 0) is 4.74 Å². The van der Waals surface area contributed by atoms with Crippen molar-refractivity contribution in [1.82, 2.24) is 0 Å². The molecule has 0 spiro atoms. The standard InChI is InChI=1S/C16H15NO3/c1-2-20-16(19)14-10-6-7-12(15(14)18)11-17-13-8-4-3-5-9-13/h3-11,18H,2H2,1H3. The predicted molar refractivity (Wildman–Crippen MR) is 77.8 cm³/mol. The molecule has 0 aliphatic carbocycles. The van der Waals surface area contributed by atoms with Crippen LogP contribution in [0.5, 0.6) is 5.75 Å². The minimum absolute atomic E-state index is 0.120. The van der Waals surface area contributed by atoms with Crippen molar-refractivity contribution >= 4 is 17.9 Å². The summed E-state index contributed by atoms with van der Waals surface area (Å²) in [6.07, 6.45) is 1.52. The molecule has 2 aromatic rings. The van der Waals surface area contributed by atoms with Gasteiger partial charge in [-0.25, -0.2) is 4.79 Å². The fourth-order valence-electron chi connectivity index (χ4n) is 1.70. The summed E-state index contributed by atoms with van der Waals surface area (Å²) in [7, 11) is 0. The molecule has 0 heterocycles. The van der Waals surface area contributed by atoms with Crippen LogP contribution >= 0.6 is 0 Å². The van der Waals surface area contributed by atoms with Crippen LogP contribution in [0.3, 0.4) is 0 Å². The van der Waals surface area contributed by atoms with Gasteiger partial charge < -0.3 is 9.84 Å². The average molecular weight is 269 g/mol. The average Bonchev–Trinajstić information content (AvgIpc) is 2.47. The van der Waals surface area contributed by atoms with E-state index in [-0.39, 0.29) is 17.9 Å². The molecule has 0 atom stereocenters. The number of rotatable bonds is 4. The highest BCUT2D eigenvalue weighted by atomic mass is 16.5. The number of hydrogen-bond donors (Lipinski definition) is 1. The van der Waals surface area contributed by atoms with Gasteiger partial charge in [-0.1, -0.05) is 24.3 Å². The molecule has 102 valence electrons. The maximum absolute atomic E-state index is 11.7. The molecule has 2 aromatic carbocycles. The van der Waals surface area contributed by atoms with Crippen LogP contribution in [0.2, 0.25) is 0 Å². The summed E-state index contributed by atoms with van der Waals surface area (Å²) in [4.78, 5) is 15.9. The Morgan fingerprint density at radius 2 is 1.95 bits per heavy atom. The highest BCUT2D eigenvalue weighted by molar-refractivity contribution is 5.97. The molecule has 2 rings (SSSR count). The third kappa shape index (κ3) is 3.23. The largest absolute Gasteiger partial charge is 0.506 e. The van der Waals surface area contributed by atoms with Gasteiger partial charge in [0.15, 0.2) is 0 Å². The zero-order valence-corrected chi connectivity index (χ0v) is 11.1. The number of nitrogens with zero attached hydrogens (tertiary/aromatic N) is 1. The lowest BCUT2D eigenvalue weighted by molar-refractivity contribution is 0.0523. The Labute approximate surface area is 117 Å². The highest BCUT2D eigenvalue weighted by Gasteiger charge is 2.13. The number of aliphatic imine (C=N–C) groups is 1. The quantitative estimate of drug-likeness (QED) is 0.684. The van der Waals surface area contributed by atoms with E-state index in [0.29, 0.717) is 5.56 Å². The molecule has 4 heteroatoms. The molecular formula is C16H15NO3. The summed E-state index contributed by atoms with van der Waals surface area (Å²) >= 11 is 0. The molecule has 20 heavy (non-hydrogen) atoms. The third-order valence-corrected chi connectivity index (χ3v) is 2.67. The van der Waals surface area contributed by atoms with E-state index in [0.717, 1.165) is 5.69 Å². The van der Waals surface area contributed by atoms with Crippen molar-refractivity contribution in [2.75, 3.05) is 6.61 Å². The normalized spacial score (nSPS) is 10.7. The zero-order chi connectivity index (χ0) is 14.4. The van der Waals surface area contributed by atoms with Gasteiger partial charge in [0.25, 0.3) is 0 Å². The van der Waals surface area contributed by atoms with Gasteiger partial charge in [0, 0.05) is 11.8 Å². The Kier molecular flexibility index (Phi) is 4.50. The molecule has 0 unspecified atom stereocenters. The van der Waals surface area contributed by atoms with Crippen LogP contribution in [-0.4, -0.2) is 23.9 Å². The summed E-state index contributed by atoms with van der Waals surface area (Å²) in [6.45, 7) is 1.98. The van der Waals surface area contributed by atoms with E-state index in [4.69, 9.17) is 4.74 Å². The molecule has 0 fully saturated rings. The van der Waals surface area contributed by atoms with Crippen LogP contribution in [0, 0.1) is 0 Å². The number of benzene rings is 2. The molecule has 4 nitrogen and oxygen atoms in total. The van der Waals surface area contributed by atoms with Crippen molar-refractivity contribution in [2.24, 2.45) is 4.99 Å². The second-order valence-electron chi connectivity index (χ2n) is 4.06. The maximum atomic E-state index is 11.7. The van der Waals surface area contributed by atoms with E-state index in [1.54, 1.807) is 19.1 Å². The van der Waals surface area contributed by atoms with E-state index in [1.807, 2.05) is 30.3 Å². The number of phenolic OH excluding ortho intramolecular Hbond substituents is 1. The first-order chi connectivity index (χ1) is 9.72. The van der Waals surface area contributed by atoms with Gasteiger partial charge in [-0.3, -0.25) is 4.99 Å². The fraction of sp³-hybridized carbons (Fsp3) is 0.125. The van der Waals surface area contributed by atoms with Gasteiger partial charge in [0.2, 0.25) is 0 Å². The summed E-state index contributed by atoms with van der Waals surface area (Å²) in [5.74, 6) is -0.661. The molecule has 0 saturated heterocycles. The lowest BCUT2D eigenvalue weighted by Gasteiger charge is -2.06. The van der Waals surface area contributed by atoms with E-state index >= 15 is 0 Å². The molecule has 0 amide bonds. The fourth-order valence-corrected chi connectivity index (χ4v) is 1.70. The Morgan fingerprint density at radius 3 is 2.65 bits per heavy atom. The van der Waals surface area contributed by atoms with Crippen LogP contribution < -0.4 is 0 Å².